The first-order chi connectivity index (χ1) is 9.53. The van der Waals surface area contributed by atoms with E-state index in [0.29, 0.717) is 6.54 Å². The van der Waals surface area contributed by atoms with Gasteiger partial charge in [-0.15, -0.1) is 24.8 Å². The van der Waals surface area contributed by atoms with E-state index in [2.05, 4.69) is 15.0 Å². The number of fused-ring (bicyclic) bond motifs is 1. The van der Waals surface area contributed by atoms with Gasteiger partial charge >= 0.3 is 0 Å². The van der Waals surface area contributed by atoms with E-state index in [1.54, 1.807) is 36.7 Å². The summed E-state index contributed by atoms with van der Waals surface area (Å²) in [5.74, 6) is 0. The van der Waals surface area contributed by atoms with Gasteiger partial charge in [0.2, 0.25) is 10.0 Å². The van der Waals surface area contributed by atoms with Crippen molar-refractivity contribution in [3.63, 3.8) is 0 Å². The minimum absolute atomic E-state index is 0. The van der Waals surface area contributed by atoms with E-state index >= 15 is 0 Å². The maximum atomic E-state index is 12.3. The Bertz CT molecular complexity index is 695. The van der Waals surface area contributed by atoms with Gasteiger partial charge in [-0.1, -0.05) is 13.0 Å². The second-order valence-corrected chi connectivity index (χ2v) is 6.43. The van der Waals surface area contributed by atoms with Crippen molar-refractivity contribution in [3.8, 4) is 0 Å². The fourth-order valence-corrected chi connectivity index (χ4v) is 3.24. The van der Waals surface area contributed by atoms with Gasteiger partial charge in [0.05, 0.1) is 4.90 Å². The molecule has 0 amide bonds. The number of hydrogen-bond donors (Lipinski definition) is 2. The summed E-state index contributed by atoms with van der Waals surface area (Å²) in [4.78, 5) is 4.29. The molecule has 2 aromatic rings. The van der Waals surface area contributed by atoms with Crippen molar-refractivity contribution in [3.05, 3.63) is 36.7 Å². The topological polar surface area (TPSA) is 71.1 Å². The zero-order valence-electron chi connectivity index (χ0n) is 12.4. The summed E-state index contributed by atoms with van der Waals surface area (Å²) < 4.78 is 27.3. The van der Waals surface area contributed by atoms with Gasteiger partial charge in [-0.2, -0.15) is 0 Å². The standard InChI is InChI=1S/C14H19N3O2S.2ClH/c1-3-15-9-11(2)17-20(18,19)14-5-4-13-10-16-7-6-12(13)8-14;;/h4-8,10-11,15,17H,3,9H2,1-2H3;2*1H/t11-;;/m1../s1. The summed E-state index contributed by atoms with van der Waals surface area (Å²) >= 11 is 0. The number of halogens is 2. The molecule has 22 heavy (non-hydrogen) atoms. The van der Waals surface area contributed by atoms with Crippen LogP contribution in [0.1, 0.15) is 13.8 Å². The van der Waals surface area contributed by atoms with Crippen molar-refractivity contribution in [1.82, 2.24) is 15.0 Å². The van der Waals surface area contributed by atoms with Crippen LogP contribution in [0.5, 0.6) is 0 Å². The Balaban J connectivity index is 0.00000220. The van der Waals surface area contributed by atoms with Crippen LogP contribution in [0.2, 0.25) is 0 Å². The van der Waals surface area contributed by atoms with Gasteiger partial charge < -0.3 is 5.32 Å². The van der Waals surface area contributed by atoms with Gasteiger partial charge in [-0.3, -0.25) is 4.98 Å². The summed E-state index contributed by atoms with van der Waals surface area (Å²) in [6, 6.07) is 6.68. The molecule has 0 saturated carbocycles. The van der Waals surface area contributed by atoms with Crippen molar-refractivity contribution in [1.29, 1.82) is 0 Å². The normalized spacial score (nSPS) is 12.3. The number of nitrogens with one attached hydrogen (secondary N) is 2. The molecule has 8 heteroatoms. The second kappa shape index (κ2) is 9.27. The fraction of sp³-hybridized carbons (Fsp3) is 0.357. The molecular weight excluding hydrogens is 345 g/mol. The number of nitrogens with zero attached hydrogens (tertiary/aromatic N) is 1. The fourth-order valence-electron chi connectivity index (χ4n) is 1.96. The number of pyridine rings is 1. The molecule has 0 aliphatic rings. The molecule has 0 fully saturated rings. The molecule has 0 unspecified atom stereocenters. The average Bonchev–Trinajstić information content (AvgIpc) is 2.44. The molecule has 1 atom stereocenters. The lowest BCUT2D eigenvalue weighted by Gasteiger charge is -2.14. The Kier molecular flexibility index (Phi) is 8.88. The van der Waals surface area contributed by atoms with Crippen LogP contribution in [0.15, 0.2) is 41.6 Å². The molecule has 0 saturated heterocycles. The number of rotatable bonds is 6. The van der Waals surface area contributed by atoms with Crippen molar-refractivity contribution >= 4 is 45.6 Å². The highest BCUT2D eigenvalue weighted by Gasteiger charge is 2.17. The SMILES string of the molecule is CCNC[C@@H](C)NS(=O)(=O)c1ccc2cnccc2c1.Cl.Cl. The first kappa shape index (κ1) is 21.1. The van der Waals surface area contributed by atoms with E-state index in [4.69, 9.17) is 0 Å². The highest BCUT2D eigenvalue weighted by Crippen LogP contribution is 2.18. The molecule has 1 aromatic carbocycles. The van der Waals surface area contributed by atoms with Crippen LogP contribution in [0, 0.1) is 0 Å². The summed E-state index contributed by atoms with van der Waals surface area (Å²) in [6.45, 7) is 5.24. The predicted octanol–water partition coefficient (Wildman–Crippen LogP) is 2.35. The highest BCUT2D eigenvalue weighted by atomic mass is 35.5. The zero-order chi connectivity index (χ0) is 14.6. The maximum Gasteiger partial charge on any atom is 0.240 e. The van der Waals surface area contributed by atoms with Crippen LogP contribution in [0.4, 0.5) is 0 Å². The number of likely N-dealkylation sites (N-methyl/N-ethyl adjacent to an activating group) is 1. The predicted molar refractivity (Wildman–Crippen MR) is 94.6 cm³/mol. The molecule has 2 N–H and O–H groups in total. The molecule has 124 valence electrons. The Morgan fingerprint density at radius 1 is 1.18 bits per heavy atom. The van der Waals surface area contributed by atoms with Crippen LogP contribution in [0.25, 0.3) is 10.8 Å². The number of sulfonamides is 1. The molecule has 2 rings (SSSR count). The van der Waals surface area contributed by atoms with Crippen LogP contribution < -0.4 is 10.0 Å². The number of benzene rings is 1. The third-order valence-electron chi connectivity index (χ3n) is 2.98. The van der Waals surface area contributed by atoms with Gasteiger partial charge in [-0.25, -0.2) is 13.1 Å². The molecule has 1 heterocycles. The molecule has 5 nitrogen and oxygen atoms in total. The summed E-state index contributed by atoms with van der Waals surface area (Å²) in [5.41, 5.74) is 0. The highest BCUT2D eigenvalue weighted by molar-refractivity contribution is 7.89. The third kappa shape index (κ3) is 5.37. The third-order valence-corrected chi connectivity index (χ3v) is 4.57. The quantitative estimate of drug-likeness (QED) is 0.823. The van der Waals surface area contributed by atoms with Crippen molar-refractivity contribution < 1.29 is 8.42 Å². The average molecular weight is 366 g/mol. The molecule has 0 radical (unpaired) electrons. The van der Waals surface area contributed by atoms with Crippen molar-refractivity contribution in [2.24, 2.45) is 0 Å². The largest absolute Gasteiger partial charge is 0.315 e. The van der Waals surface area contributed by atoms with Crippen LogP contribution in [-0.4, -0.2) is 32.5 Å². The lowest BCUT2D eigenvalue weighted by atomic mass is 10.2. The minimum Gasteiger partial charge on any atom is -0.315 e. The van der Waals surface area contributed by atoms with Gasteiger partial charge in [0, 0.05) is 30.4 Å². The molecule has 0 spiro atoms. The second-order valence-electron chi connectivity index (χ2n) is 4.71. The van der Waals surface area contributed by atoms with E-state index in [-0.39, 0.29) is 35.8 Å². The molecule has 1 aromatic heterocycles. The smallest absolute Gasteiger partial charge is 0.240 e. The monoisotopic (exact) mass is 365 g/mol. The summed E-state index contributed by atoms with van der Waals surface area (Å²) in [7, 11) is -3.49. The zero-order valence-corrected chi connectivity index (χ0v) is 14.9. The number of hydrogen-bond acceptors (Lipinski definition) is 4. The Labute approximate surface area is 143 Å². The van der Waals surface area contributed by atoms with Crippen LogP contribution in [0.3, 0.4) is 0 Å². The van der Waals surface area contributed by atoms with Crippen LogP contribution in [-0.2, 0) is 10.0 Å². The van der Waals surface area contributed by atoms with E-state index < -0.39 is 10.0 Å². The van der Waals surface area contributed by atoms with Crippen molar-refractivity contribution in [2.45, 2.75) is 24.8 Å². The molecular formula is C14H21Cl2N3O2S. The van der Waals surface area contributed by atoms with Gasteiger partial charge in [0.15, 0.2) is 0 Å². The van der Waals surface area contributed by atoms with Crippen LogP contribution >= 0.6 is 24.8 Å². The molecule has 0 aliphatic heterocycles. The van der Waals surface area contributed by atoms with Crippen molar-refractivity contribution in [2.75, 3.05) is 13.1 Å². The van der Waals surface area contributed by atoms with E-state index in [1.807, 2.05) is 13.8 Å². The number of aromatic nitrogens is 1. The lowest BCUT2D eigenvalue weighted by molar-refractivity contribution is 0.542. The maximum absolute atomic E-state index is 12.3. The first-order valence-electron chi connectivity index (χ1n) is 6.60. The Hall–Kier alpha value is -0.920. The molecule has 0 aliphatic carbocycles. The Morgan fingerprint density at radius 3 is 2.59 bits per heavy atom. The Morgan fingerprint density at radius 2 is 1.91 bits per heavy atom. The summed E-state index contributed by atoms with van der Waals surface area (Å²) in [5, 5.41) is 4.90. The summed E-state index contributed by atoms with van der Waals surface area (Å²) in [6.07, 6.45) is 3.37. The van der Waals surface area contributed by atoms with Gasteiger partial charge in [0.1, 0.15) is 0 Å². The first-order valence-corrected chi connectivity index (χ1v) is 8.08. The molecule has 0 bridgehead atoms. The van der Waals surface area contributed by atoms with E-state index in [9.17, 15) is 8.42 Å². The minimum atomic E-state index is -3.49. The van der Waals surface area contributed by atoms with Gasteiger partial charge in [-0.05, 0) is 37.1 Å². The van der Waals surface area contributed by atoms with E-state index in [0.717, 1.165) is 17.3 Å². The van der Waals surface area contributed by atoms with Gasteiger partial charge in [0.25, 0.3) is 0 Å². The lowest BCUT2D eigenvalue weighted by Crippen LogP contribution is -2.39. The van der Waals surface area contributed by atoms with E-state index in [1.165, 1.54) is 0 Å².